The number of ether oxygens (including phenoxy) is 1. The van der Waals surface area contributed by atoms with E-state index in [-0.39, 0.29) is 5.69 Å². The van der Waals surface area contributed by atoms with Crippen LogP contribution in [0.4, 0.5) is 11.5 Å². The Bertz CT molecular complexity index is 391. The summed E-state index contributed by atoms with van der Waals surface area (Å²) in [6, 6.07) is 2.85. The van der Waals surface area contributed by atoms with E-state index in [9.17, 15) is 10.1 Å². The number of nitrogens with one attached hydrogen (secondary N) is 1. The summed E-state index contributed by atoms with van der Waals surface area (Å²) in [5.41, 5.74) is 0.0643. The summed E-state index contributed by atoms with van der Waals surface area (Å²) in [7, 11) is 0. The monoisotopic (exact) mass is 237 g/mol. The van der Waals surface area contributed by atoms with E-state index in [0.29, 0.717) is 11.7 Å². The van der Waals surface area contributed by atoms with Crippen molar-refractivity contribution < 1.29 is 9.66 Å². The Morgan fingerprint density at radius 2 is 2.29 bits per heavy atom. The van der Waals surface area contributed by atoms with Crippen molar-refractivity contribution in [2.75, 3.05) is 25.1 Å². The van der Waals surface area contributed by atoms with Gasteiger partial charge in [-0.3, -0.25) is 10.1 Å². The van der Waals surface area contributed by atoms with Crippen LogP contribution in [0.25, 0.3) is 0 Å². The first-order valence-corrected chi connectivity index (χ1v) is 5.68. The van der Waals surface area contributed by atoms with Crippen molar-refractivity contribution in [1.29, 1.82) is 0 Å². The molecule has 2 rings (SSSR count). The summed E-state index contributed by atoms with van der Waals surface area (Å²) < 4.78 is 5.27. The Morgan fingerprint density at radius 3 is 3.00 bits per heavy atom. The van der Waals surface area contributed by atoms with Crippen LogP contribution in [0.2, 0.25) is 0 Å². The molecule has 6 heteroatoms. The van der Waals surface area contributed by atoms with Crippen LogP contribution in [-0.2, 0) is 4.74 Å². The lowest BCUT2D eigenvalue weighted by molar-refractivity contribution is -0.384. The van der Waals surface area contributed by atoms with Crippen molar-refractivity contribution in [3.8, 4) is 0 Å². The quantitative estimate of drug-likeness (QED) is 0.638. The average Bonchev–Trinajstić information content (AvgIpc) is 2.38. The zero-order chi connectivity index (χ0) is 12.1. The standard InChI is InChI=1S/C11H15N3O3/c15-14(16)10-1-4-12-11(7-10)13-8-9-2-5-17-6-3-9/h1,4,7,9H,2-3,5-6,8H2,(H,12,13). The topological polar surface area (TPSA) is 77.3 Å². The van der Waals surface area contributed by atoms with Gasteiger partial charge in [0.1, 0.15) is 5.82 Å². The van der Waals surface area contributed by atoms with Gasteiger partial charge in [-0.25, -0.2) is 4.98 Å². The van der Waals surface area contributed by atoms with E-state index in [0.717, 1.165) is 32.6 Å². The molecule has 1 aliphatic heterocycles. The predicted molar refractivity (Wildman–Crippen MR) is 62.9 cm³/mol. The van der Waals surface area contributed by atoms with Gasteiger partial charge in [-0.15, -0.1) is 0 Å². The van der Waals surface area contributed by atoms with Crippen molar-refractivity contribution >= 4 is 11.5 Å². The average molecular weight is 237 g/mol. The summed E-state index contributed by atoms with van der Waals surface area (Å²) >= 11 is 0. The third-order valence-electron chi connectivity index (χ3n) is 2.87. The van der Waals surface area contributed by atoms with Gasteiger partial charge >= 0.3 is 0 Å². The number of anilines is 1. The van der Waals surface area contributed by atoms with Gasteiger partial charge in [0, 0.05) is 32.0 Å². The van der Waals surface area contributed by atoms with Gasteiger partial charge < -0.3 is 10.1 Å². The first-order chi connectivity index (χ1) is 8.25. The van der Waals surface area contributed by atoms with Crippen LogP contribution in [0.5, 0.6) is 0 Å². The molecule has 2 heterocycles. The smallest absolute Gasteiger partial charge is 0.274 e. The second-order valence-electron chi connectivity index (χ2n) is 4.09. The summed E-state index contributed by atoms with van der Waals surface area (Å²) in [4.78, 5) is 14.2. The highest BCUT2D eigenvalue weighted by molar-refractivity contribution is 5.44. The Balaban J connectivity index is 1.89. The van der Waals surface area contributed by atoms with E-state index in [2.05, 4.69) is 10.3 Å². The number of hydrogen-bond donors (Lipinski definition) is 1. The maximum absolute atomic E-state index is 10.6. The highest BCUT2D eigenvalue weighted by atomic mass is 16.6. The summed E-state index contributed by atoms with van der Waals surface area (Å²) in [6.45, 7) is 2.39. The third-order valence-corrected chi connectivity index (χ3v) is 2.87. The Morgan fingerprint density at radius 1 is 1.53 bits per heavy atom. The van der Waals surface area contributed by atoms with Gasteiger partial charge in [0.25, 0.3) is 5.69 Å². The molecule has 0 atom stereocenters. The molecule has 1 fully saturated rings. The Labute approximate surface area is 99.2 Å². The molecule has 0 aliphatic carbocycles. The molecule has 0 radical (unpaired) electrons. The van der Waals surface area contributed by atoms with Gasteiger partial charge in [-0.05, 0) is 18.8 Å². The molecule has 0 bridgehead atoms. The normalized spacial score (nSPS) is 16.7. The SMILES string of the molecule is O=[N+]([O-])c1ccnc(NCC2CCOCC2)c1. The molecule has 17 heavy (non-hydrogen) atoms. The summed E-state index contributed by atoms with van der Waals surface area (Å²) in [6.07, 6.45) is 3.51. The molecule has 1 N–H and O–H groups in total. The highest BCUT2D eigenvalue weighted by Crippen LogP contribution is 2.17. The van der Waals surface area contributed by atoms with Crippen molar-refractivity contribution in [2.24, 2.45) is 5.92 Å². The number of rotatable bonds is 4. The fraction of sp³-hybridized carbons (Fsp3) is 0.545. The van der Waals surface area contributed by atoms with Crippen LogP contribution >= 0.6 is 0 Å². The number of pyridine rings is 1. The van der Waals surface area contributed by atoms with Gasteiger partial charge in [0.2, 0.25) is 0 Å². The minimum Gasteiger partial charge on any atom is -0.381 e. The van der Waals surface area contributed by atoms with E-state index < -0.39 is 4.92 Å². The molecular weight excluding hydrogens is 222 g/mol. The number of hydrogen-bond acceptors (Lipinski definition) is 5. The van der Waals surface area contributed by atoms with Crippen molar-refractivity contribution in [1.82, 2.24) is 4.98 Å². The molecule has 0 unspecified atom stereocenters. The number of nitrogens with zero attached hydrogens (tertiary/aromatic N) is 2. The van der Waals surface area contributed by atoms with Crippen molar-refractivity contribution in [3.05, 3.63) is 28.4 Å². The van der Waals surface area contributed by atoms with E-state index in [1.807, 2.05) is 0 Å². The van der Waals surface area contributed by atoms with Crippen LogP contribution in [0.1, 0.15) is 12.8 Å². The maximum Gasteiger partial charge on any atom is 0.274 e. The minimum absolute atomic E-state index is 0.0643. The minimum atomic E-state index is -0.415. The lowest BCUT2D eigenvalue weighted by atomic mass is 10.0. The fourth-order valence-electron chi connectivity index (χ4n) is 1.83. The highest BCUT2D eigenvalue weighted by Gasteiger charge is 2.14. The molecule has 0 aromatic carbocycles. The number of aromatic nitrogens is 1. The predicted octanol–water partition coefficient (Wildman–Crippen LogP) is 1.83. The molecule has 0 amide bonds. The number of nitro groups is 1. The zero-order valence-corrected chi connectivity index (χ0v) is 9.46. The van der Waals surface area contributed by atoms with Gasteiger partial charge in [-0.2, -0.15) is 0 Å². The molecule has 1 aromatic rings. The first-order valence-electron chi connectivity index (χ1n) is 5.68. The van der Waals surface area contributed by atoms with Crippen LogP contribution in [0.3, 0.4) is 0 Å². The van der Waals surface area contributed by atoms with Gasteiger partial charge in [-0.1, -0.05) is 0 Å². The maximum atomic E-state index is 10.6. The zero-order valence-electron chi connectivity index (χ0n) is 9.46. The summed E-state index contributed by atoms with van der Waals surface area (Å²) in [5, 5.41) is 13.7. The molecule has 92 valence electrons. The molecule has 1 saturated heterocycles. The first kappa shape index (κ1) is 11.8. The van der Waals surface area contributed by atoms with Crippen LogP contribution in [-0.4, -0.2) is 29.7 Å². The van der Waals surface area contributed by atoms with Crippen LogP contribution in [0, 0.1) is 16.0 Å². The Hall–Kier alpha value is -1.69. The lowest BCUT2D eigenvalue weighted by Crippen LogP contribution is -2.22. The second-order valence-corrected chi connectivity index (χ2v) is 4.09. The van der Waals surface area contributed by atoms with E-state index in [4.69, 9.17) is 4.74 Å². The van der Waals surface area contributed by atoms with E-state index in [1.54, 1.807) is 0 Å². The lowest BCUT2D eigenvalue weighted by Gasteiger charge is -2.22. The third kappa shape index (κ3) is 3.39. The Kier molecular flexibility index (Phi) is 3.87. The van der Waals surface area contributed by atoms with Crippen LogP contribution < -0.4 is 5.32 Å². The van der Waals surface area contributed by atoms with E-state index in [1.165, 1.54) is 18.3 Å². The molecule has 6 nitrogen and oxygen atoms in total. The van der Waals surface area contributed by atoms with Crippen molar-refractivity contribution in [3.63, 3.8) is 0 Å². The van der Waals surface area contributed by atoms with E-state index >= 15 is 0 Å². The molecule has 0 spiro atoms. The molecule has 1 aliphatic rings. The van der Waals surface area contributed by atoms with Gasteiger partial charge in [0.15, 0.2) is 0 Å². The molecule has 0 saturated carbocycles. The van der Waals surface area contributed by atoms with Gasteiger partial charge in [0.05, 0.1) is 11.0 Å². The molecular formula is C11H15N3O3. The fourth-order valence-corrected chi connectivity index (χ4v) is 1.83. The van der Waals surface area contributed by atoms with Crippen molar-refractivity contribution in [2.45, 2.75) is 12.8 Å². The summed E-state index contributed by atoms with van der Waals surface area (Å²) in [5.74, 6) is 1.12. The van der Waals surface area contributed by atoms with Crippen LogP contribution in [0.15, 0.2) is 18.3 Å². The molecule has 1 aromatic heterocycles. The largest absolute Gasteiger partial charge is 0.381 e. The second kappa shape index (κ2) is 5.58.